The average Bonchev–Trinajstić information content (AvgIpc) is 3.36. The van der Waals surface area contributed by atoms with Crippen molar-refractivity contribution >= 4 is 29.4 Å². The van der Waals surface area contributed by atoms with Gasteiger partial charge in [0.1, 0.15) is 5.65 Å². The van der Waals surface area contributed by atoms with Crippen LogP contribution in [0, 0.1) is 0 Å². The van der Waals surface area contributed by atoms with Gasteiger partial charge in [-0.3, -0.25) is 9.80 Å². The number of nitrogens with one attached hydrogen (secondary N) is 2. The normalized spacial score (nSPS) is 24.6. The van der Waals surface area contributed by atoms with Gasteiger partial charge in [0, 0.05) is 81.2 Å². The molecule has 3 fully saturated rings. The molecule has 1 saturated carbocycles. The molecule has 1 atom stereocenters. The maximum absolute atomic E-state index is 10.1. The van der Waals surface area contributed by atoms with E-state index in [2.05, 4.69) is 67.4 Å². The molecule has 0 radical (unpaired) electrons. The van der Waals surface area contributed by atoms with E-state index in [1.165, 1.54) is 49.2 Å². The van der Waals surface area contributed by atoms with Gasteiger partial charge in [0.05, 0.1) is 6.10 Å². The number of aliphatic hydroxyl groups excluding tert-OH is 1. The molecule has 2 saturated heterocycles. The second kappa shape index (κ2) is 13.6. The van der Waals surface area contributed by atoms with E-state index in [-0.39, 0.29) is 18.5 Å². The van der Waals surface area contributed by atoms with Crippen LogP contribution in [0.5, 0.6) is 0 Å². The number of aliphatic hydroxyl groups is 1. The Bertz CT molecular complexity index is 1210. The molecule has 8 nitrogen and oxygen atoms in total. The van der Waals surface area contributed by atoms with Crippen LogP contribution in [-0.4, -0.2) is 87.4 Å². The molecule has 218 valence electrons. The Labute approximate surface area is 245 Å². The Morgan fingerprint density at radius 1 is 1.00 bits per heavy atom. The Balaban J connectivity index is 0.00000323. The van der Waals surface area contributed by atoms with Crippen molar-refractivity contribution < 1.29 is 5.11 Å². The molecule has 6 rings (SSSR count). The standard InChI is InChI=1S/C31H45N7O.ClH/c1-2-13-33-31-34-20-28-29(22-38(30(28)35-31)25-9-11-27(39)12-10-25)24-7-5-23(6-8-24)21-36-15-17-37(18-16-36)26-4-3-14-32-19-26;/h5-8,20,22,25-27,32,39H,2-4,9-19,21H2,1H3,(H,33,34,35);1H. The second-order valence-corrected chi connectivity index (χ2v) is 11.8. The molecule has 3 N–H and O–H groups in total. The Hall–Kier alpha value is -2.23. The van der Waals surface area contributed by atoms with E-state index in [1.807, 2.05) is 6.20 Å². The highest BCUT2D eigenvalue weighted by Crippen LogP contribution is 2.36. The first-order valence-electron chi connectivity index (χ1n) is 15.2. The molecular formula is C31H46ClN7O. The van der Waals surface area contributed by atoms with Crippen molar-refractivity contribution in [1.82, 2.24) is 29.7 Å². The zero-order valence-electron chi connectivity index (χ0n) is 23.9. The summed E-state index contributed by atoms with van der Waals surface area (Å²) in [5.41, 5.74) is 4.78. The summed E-state index contributed by atoms with van der Waals surface area (Å²) in [6.07, 6.45) is 11.5. The molecule has 3 aromatic rings. The first-order chi connectivity index (χ1) is 19.2. The molecule has 4 heterocycles. The van der Waals surface area contributed by atoms with E-state index in [0.717, 1.165) is 81.9 Å². The number of hydrogen-bond donors (Lipinski definition) is 3. The molecule has 0 spiro atoms. The molecule has 1 unspecified atom stereocenters. The summed E-state index contributed by atoms with van der Waals surface area (Å²) in [5.74, 6) is 0.696. The Morgan fingerprint density at radius 3 is 2.48 bits per heavy atom. The predicted octanol–water partition coefficient (Wildman–Crippen LogP) is 4.69. The van der Waals surface area contributed by atoms with Gasteiger partial charge in [-0.15, -0.1) is 12.4 Å². The zero-order valence-corrected chi connectivity index (χ0v) is 24.7. The van der Waals surface area contributed by atoms with Gasteiger partial charge in [0.2, 0.25) is 5.95 Å². The fourth-order valence-electron chi connectivity index (χ4n) is 6.68. The van der Waals surface area contributed by atoms with Gasteiger partial charge in [-0.1, -0.05) is 31.2 Å². The zero-order chi connectivity index (χ0) is 26.6. The number of nitrogens with zero attached hydrogens (tertiary/aromatic N) is 5. The summed E-state index contributed by atoms with van der Waals surface area (Å²) in [4.78, 5) is 14.9. The van der Waals surface area contributed by atoms with Gasteiger partial charge in [0.15, 0.2) is 0 Å². The van der Waals surface area contributed by atoms with Crippen molar-refractivity contribution in [3.05, 3.63) is 42.2 Å². The lowest BCUT2D eigenvalue weighted by molar-refractivity contribution is 0.0807. The fraction of sp³-hybridized carbons (Fsp3) is 0.613. The maximum atomic E-state index is 10.1. The number of rotatable bonds is 8. The van der Waals surface area contributed by atoms with Gasteiger partial charge in [-0.25, -0.2) is 4.98 Å². The lowest BCUT2D eigenvalue weighted by Gasteiger charge is -2.40. The molecule has 0 bridgehead atoms. The molecule has 1 aliphatic carbocycles. The van der Waals surface area contributed by atoms with Gasteiger partial charge in [-0.05, 0) is 62.6 Å². The summed E-state index contributed by atoms with van der Waals surface area (Å²) in [6, 6.07) is 10.2. The molecule has 2 aromatic heterocycles. The summed E-state index contributed by atoms with van der Waals surface area (Å²) >= 11 is 0. The number of hydrogen-bond acceptors (Lipinski definition) is 7. The number of halogens is 1. The first-order valence-corrected chi connectivity index (χ1v) is 15.2. The first kappa shape index (κ1) is 29.3. The highest BCUT2D eigenvalue weighted by molar-refractivity contribution is 5.94. The minimum atomic E-state index is -0.168. The lowest BCUT2D eigenvalue weighted by Crippen LogP contribution is -2.54. The Kier molecular flexibility index (Phi) is 9.97. The van der Waals surface area contributed by atoms with Crippen molar-refractivity contribution in [1.29, 1.82) is 0 Å². The van der Waals surface area contributed by atoms with Gasteiger partial charge >= 0.3 is 0 Å². The summed E-state index contributed by atoms with van der Waals surface area (Å²) in [7, 11) is 0. The number of piperidine rings is 1. The monoisotopic (exact) mass is 567 g/mol. The van der Waals surface area contributed by atoms with E-state index in [9.17, 15) is 5.11 Å². The van der Waals surface area contributed by atoms with Crippen molar-refractivity contribution in [3.63, 3.8) is 0 Å². The van der Waals surface area contributed by atoms with Crippen LogP contribution in [0.25, 0.3) is 22.2 Å². The van der Waals surface area contributed by atoms with Crippen molar-refractivity contribution in [2.24, 2.45) is 0 Å². The number of fused-ring (bicyclic) bond motifs is 1. The summed E-state index contributed by atoms with van der Waals surface area (Å²) in [6.45, 7) is 11.0. The van der Waals surface area contributed by atoms with Gasteiger partial charge < -0.3 is 20.3 Å². The summed E-state index contributed by atoms with van der Waals surface area (Å²) in [5, 5.41) is 18.1. The van der Waals surface area contributed by atoms with Crippen LogP contribution in [0.2, 0.25) is 0 Å². The van der Waals surface area contributed by atoms with E-state index in [0.29, 0.717) is 12.0 Å². The number of piperazine rings is 1. The third kappa shape index (κ3) is 6.63. The number of benzene rings is 1. The van der Waals surface area contributed by atoms with E-state index in [1.54, 1.807) is 0 Å². The smallest absolute Gasteiger partial charge is 0.224 e. The minimum absolute atomic E-state index is 0. The summed E-state index contributed by atoms with van der Waals surface area (Å²) < 4.78 is 2.35. The maximum Gasteiger partial charge on any atom is 0.224 e. The highest BCUT2D eigenvalue weighted by Gasteiger charge is 2.26. The third-order valence-corrected chi connectivity index (χ3v) is 9.03. The topological polar surface area (TPSA) is 81.5 Å². The number of anilines is 1. The Morgan fingerprint density at radius 2 is 1.77 bits per heavy atom. The van der Waals surface area contributed by atoms with E-state index < -0.39 is 0 Å². The van der Waals surface area contributed by atoms with Crippen LogP contribution < -0.4 is 10.6 Å². The van der Waals surface area contributed by atoms with Crippen LogP contribution in [0.1, 0.15) is 63.5 Å². The van der Waals surface area contributed by atoms with Crippen molar-refractivity contribution in [2.45, 2.75) is 76.6 Å². The van der Waals surface area contributed by atoms with Gasteiger partial charge in [-0.2, -0.15) is 4.98 Å². The number of aromatic nitrogens is 3. The molecule has 0 amide bonds. The van der Waals surface area contributed by atoms with Crippen molar-refractivity contribution in [2.75, 3.05) is 51.1 Å². The van der Waals surface area contributed by atoms with Crippen LogP contribution in [0.4, 0.5) is 5.95 Å². The van der Waals surface area contributed by atoms with Crippen molar-refractivity contribution in [3.8, 4) is 11.1 Å². The fourth-order valence-corrected chi connectivity index (χ4v) is 6.68. The highest BCUT2D eigenvalue weighted by atomic mass is 35.5. The van der Waals surface area contributed by atoms with Gasteiger partial charge in [0.25, 0.3) is 0 Å². The molecular weight excluding hydrogens is 522 g/mol. The van der Waals surface area contributed by atoms with E-state index in [4.69, 9.17) is 4.98 Å². The molecule has 3 aliphatic rings. The van der Waals surface area contributed by atoms with E-state index >= 15 is 0 Å². The van der Waals surface area contributed by atoms with Crippen LogP contribution in [-0.2, 0) is 6.54 Å². The quantitative estimate of drug-likeness (QED) is 0.364. The third-order valence-electron chi connectivity index (χ3n) is 9.03. The SMILES string of the molecule is CCCNc1ncc2c(-c3ccc(CN4CCN(C5CCCNC5)CC4)cc3)cn(C3CCC(O)CC3)c2n1.Cl. The molecule has 9 heteroatoms. The average molecular weight is 568 g/mol. The second-order valence-electron chi connectivity index (χ2n) is 11.8. The minimum Gasteiger partial charge on any atom is -0.393 e. The lowest BCUT2D eigenvalue weighted by atomic mass is 9.93. The van der Waals surface area contributed by atoms with Crippen LogP contribution in [0.15, 0.2) is 36.7 Å². The van der Waals surface area contributed by atoms with Crippen LogP contribution in [0.3, 0.4) is 0 Å². The predicted molar refractivity (Wildman–Crippen MR) is 165 cm³/mol. The molecule has 40 heavy (non-hydrogen) atoms. The molecule has 1 aromatic carbocycles. The largest absolute Gasteiger partial charge is 0.393 e. The van der Waals surface area contributed by atoms with Crippen LogP contribution >= 0.6 is 12.4 Å². The molecule has 2 aliphatic heterocycles.